The van der Waals surface area contributed by atoms with Crippen LogP contribution < -0.4 is 0 Å². The van der Waals surface area contributed by atoms with Crippen molar-refractivity contribution in [2.75, 3.05) is 38.7 Å². The van der Waals surface area contributed by atoms with Gasteiger partial charge in [0.25, 0.3) is 0 Å². The fourth-order valence-electron chi connectivity index (χ4n) is 2.51. The normalized spacial score (nSPS) is 20.2. The Morgan fingerprint density at radius 3 is 2.62 bits per heavy atom. The van der Waals surface area contributed by atoms with E-state index in [0.29, 0.717) is 0 Å². The fraction of sp³-hybridized carbons (Fsp3) is 1.00. The quantitative estimate of drug-likeness (QED) is 0.668. The Kier molecular flexibility index (Phi) is 7.67. The van der Waals surface area contributed by atoms with E-state index >= 15 is 0 Å². The zero-order valence-corrected chi connectivity index (χ0v) is 12.3. The monoisotopic (exact) mass is 291 g/mol. The van der Waals surface area contributed by atoms with Crippen molar-refractivity contribution in [2.24, 2.45) is 11.8 Å². The SMILES string of the molecule is CCCC(CBr)CN(C)CC1CCOCC1. The predicted molar refractivity (Wildman–Crippen MR) is 73.2 cm³/mol. The summed E-state index contributed by atoms with van der Waals surface area (Å²) < 4.78 is 5.40. The first-order chi connectivity index (χ1) is 7.76. The van der Waals surface area contributed by atoms with Gasteiger partial charge < -0.3 is 9.64 Å². The molecule has 1 rings (SSSR count). The molecule has 1 aliphatic rings. The van der Waals surface area contributed by atoms with Crippen molar-refractivity contribution in [3.05, 3.63) is 0 Å². The molecule has 1 aliphatic heterocycles. The van der Waals surface area contributed by atoms with Gasteiger partial charge in [-0.25, -0.2) is 0 Å². The molecule has 0 aromatic rings. The van der Waals surface area contributed by atoms with Crippen molar-refractivity contribution in [3.63, 3.8) is 0 Å². The molecule has 0 aromatic carbocycles. The highest BCUT2D eigenvalue weighted by Crippen LogP contribution is 2.17. The minimum atomic E-state index is 0.815. The third-order valence-corrected chi connectivity index (χ3v) is 4.31. The van der Waals surface area contributed by atoms with E-state index in [9.17, 15) is 0 Å². The van der Waals surface area contributed by atoms with Crippen molar-refractivity contribution in [3.8, 4) is 0 Å². The van der Waals surface area contributed by atoms with E-state index in [0.717, 1.165) is 30.4 Å². The van der Waals surface area contributed by atoms with Crippen LogP contribution in [0.1, 0.15) is 32.6 Å². The van der Waals surface area contributed by atoms with Crippen molar-refractivity contribution in [1.29, 1.82) is 0 Å². The summed E-state index contributed by atoms with van der Waals surface area (Å²) in [6.45, 7) is 6.69. The first-order valence-electron chi connectivity index (χ1n) is 6.58. The summed E-state index contributed by atoms with van der Waals surface area (Å²) in [6.07, 6.45) is 5.12. The average Bonchev–Trinajstić information content (AvgIpc) is 2.29. The van der Waals surface area contributed by atoms with Crippen molar-refractivity contribution >= 4 is 15.9 Å². The van der Waals surface area contributed by atoms with Crippen LogP contribution in [0.3, 0.4) is 0 Å². The molecule has 0 aliphatic carbocycles. The molecule has 0 bridgehead atoms. The summed E-state index contributed by atoms with van der Waals surface area (Å²) in [7, 11) is 2.26. The second kappa shape index (κ2) is 8.48. The summed E-state index contributed by atoms with van der Waals surface area (Å²) in [5.74, 6) is 1.67. The molecule has 1 heterocycles. The molecule has 1 atom stereocenters. The van der Waals surface area contributed by atoms with Gasteiger partial charge in [0.2, 0.25) is 0 Å². The van der Waals surface area contributed by atoms with Crippen LogP contribution in [0, 0.1) is 11.8 Å². The number of ether oxygens (including phenoxy) is 1. The maximum atomic E-state index is 5.40. The largest absolute Gasteiger partial charge is 0.381 e. The highest BCUT2D eigenvalue weighted by atomic mass is 79.9. The minimum absolute atomic E-state index is 0.815. The van der Waals surface area contributed by atoms with Gasteiger partial charge in [-0.15, -0.1) is 0 Å². The Balaban J connectivity index is 2.19. The van der Waals surface area contributed by atoms with Gasteiger partial charge in [-0.3, -0.25) is 0 Å². The van der Waals surface area contributed by atoms with Crippen LogP contribution in [0.2, 0.25) is 0 Å². The molecule has 1 fully saturated rings. The van der Waals surface area contributed by atoms with Gasteiger partial charge >= 0.3 is 0 Å². The molecule has 1 saturated heterocycles. The topological polar surface area (TPSA) is 12.5 Å². The Morgan fingerprint density at radius 2 is 2.06 bits per heavy atom. The molecule has 0 radical (unpaired) electrons. The molecular formula is C13H26BrNO. The maximum absolute atomic E-state index is 5.40. The predicted octanol–water partition coefficient (Wildman–Crippen LogP) is 3.16. The highest BCUT2D eigenvalue weighted by molar-refractivity contribution is 9.09. The third-order valence-electron chi connectivity index (χ3n) is 3.40. The van der Waals surface area contributed by atoms with Gasteiger partial charge in [0.05, 0.1) is 0 Å². The number of halogens is 1. The lowest BCUT2D eigenvalue weighted by Gasteiger charge is -2.29. The van der Waals surface area contributed by atoms with Gasteiger partial charge in [0.1, 0.15) is 0 Å². The smallest absolute Gasteiger partial charge is 0.0469 e. The van der Waals surface area contributed by atoms with Crippen LogP contribution in [0.25, 0.3) is 0 Å². The van der Waals surface area contributed by atoms with E-state index < -0.39 is 0 Å². The number of alkyl halides is 1. The summed E-state index contributed by atoms with van der Waals surface area (Å²) in [5.41, 5.74) is 0. The van der Waals surface area contributed by atoms with Crippen LogP contribution in [-0.4, -0.2) is 43.6 Å². The molecule has 0 N–H and O–H groups in total. The van der Waals surface area contributed by atoms with E-state index in [-0.39, 0.29) is 0 Å². The van der Waals surface area contributed by atoms with E-state index in [2.05, 4.69) is 34.8 Å². The van der Waals surface area contributed by atoms with Gasteiger partial charge in [-0.05, 0) is 38.1 Å². The Morgan fingerprint density at radius 1 is 1.38 bits per heavy atom. The minimum Gasteiger partial charge on any atom is -0.381 e. The zero-order chi connectivity index (χ0) is 11.8. The number of nitrogens with zero attached hydrogens (tertiary/aromatic N) is 1. The molecule has 0 spiro atoms. The van der Waals surface area contributed by atoms with Gasteiger partial charge in [-0.2, -0.15) is 0 Å². The molecular weight excluding hydrogens is 266 g/mol. The highest BCUT2D eigenvalue weighted by Gasteiger charge is 2.17. The lowest BCUT2D eigenvalue weighted by Crippen LogP contribution is -2.33. The van der Waals surface area contributed by atoms with E-state index in [1.54, 1.807) is 0 Å². The van der Waals surface area contributed by atoms with Crippen LogP contribution >= 0.6 is 15.9 Å². The first kappa shape index (κ1) is 14.5. The molecule has 96 valence electrons. The van der Waals surface area contributed by atoms with Crippen molar-refractivity contribution < 1.29 is 4.74 Å². The second-order valence-corrected chi connectivity index (χ2v) is 5.73. The number of hydrogen-bond acceptors (Lipinski definition) is 2. The standard InChI is InChI=1S/C13H26BrNO/c1-3-4-13(9-14)11-15(2)10-12-5-7-16-8-6-12/h12-13H,3-11H2,1-2H3. The number of hydrogen-bond donors (Lipinski definition) is 0. The van der Waals surface area contributed by atoms with Crippen molar-refractivity contribution in [1.82, 2.24) is 4.90 Å². The molecule has 1 unspecified atom stereocenters. The molecule has 16 heavy (non-hydrogen) atoms. The van der Waals surface area contributed by atoms with E-state index in [1.807, 2.05) is 0 Å². The Hall–Kier alpha value is 0.400. The Bertz CT molecular complexity index is 165. The fourth-order valence-corrected chi connectivity index (χ4v) is 3.04. The second-order valence-electron chi connectivity index (χ2n) is 5.09. The van der Waals surface area contributed by atoms with Crippen LogP contribution in [0.5, 0.6) is 0 Å². The van der Waals surface area contributed by atoms with E-state index in [4.69, 9.17) is 4.74 Å². The average molecular weight is 292 g/mol. The number of rotatable bonds is 7. The summed E-state index contributed by atoms with van der Waals surface area (Å²) in [6, 6.07) is 0. The lowest BCUT2D eigenvalue weighted by molar-refractivity contribution is 0.0542. The molecule has 0 amide bonds. The van der Waals surface area contributed by atoms with Crippen LogP contribution in [-0.2, 0) is 4.74 Å². The maximum Gasteiger partial charge on any atom is 0.0469 e. The summed E-state index contributed by atoms with van der Waals surface area (Å²) in [5, 5.41) is 1.14. The van der Waals surface area contributed by atoms with Crippen LogP contribution in [0.15, 0.2) is 0 Å². The molecule has 2 nitrogen and oxygen atoms in total. The first-order valence-corrected chi connectivity index (χ1v) is 7.70. The third kappa shape index (κ3) is 5.65. The van der Waals surface area contributed by atoms with E-state index in [1.165, 1.54) is 38.8 Å². The van der Waals surface area contributed by atoms with Crippen molar-refractivity contribution in [2.45, 2.75) is 32.6 Å². The summed E-state index contributed by atoms with van der Waals surface area (Å²) in [4.78, 5) is 2.51. The lowest BCUT2D eigenvalue weighted by atomic mass is 9.99. The summed E-state index contributed by atoms with van der Waals surface area (Å²) >= 11 is 3.62. The van der Waals surface area contributed by atoms with Gasteiger partial charge in [0.15, 0.2) is 0 Å². The van der Waals surface area contributed by atoms with Gasteiger partial charge in [-0.1, -0.05) is 29.3 Å². The molecule has 0 aromatic heterocycles. The molecule has 0 saturated carbocycles. The Labute approximate surface area is 109 Å². The molecule has 3 heteroatoms. The zero-order valence-electron chi connectivity index (χ0n) is 10.8. The van der Waals surface area contributed by atoms with Gasteiger partial charge in [0, 0.05) is 31.6 Å². The van der Waals surface area contributed by atoms with Crippen LogP contribution in [0.4, 0.5) is 0 Å².